The van der Waals surface area contributed by atoms with E-state index in [0.717, 1.165) is 11.1 Å². The number of aliphatic hydroxyl groups is 1. The van der Waals surface area contributed by atoms with E-state index in [0.29, 0.717) is 30.3 Å². The van der Waals surface area contributed by atoms with Crippen molar-refractivity contribution in [1.82, 2.24) is 0 Å². The molecular weight excluding hydrogens is 394 g/mol. The first kappa shape index (κ1) is 22.3. The molecule has 0 saturated carbocycles. The number of rotatable bonds is 10. The van der Waals surface area contributed by atoms with E-state index >= 15 is 0 Å². The van der Waals surface area contributed by atoms with E-state index in [4.69, 9.17) is 19.9 Å². The molecule has 0 aliphatic rings. The maximum Gasteiger partial charge on any atom is 0.325 e. The summed E-state index contributed by atoms with van der Waals surface area (Å²) in [6.45, 7) is 2.57. The lowest BCUT2D eigenvalue weighted by atomic mass is 10.0. The molecule has 3 aromatic rings. The number of esters is 1. The van der Waals surface area contributed by atoms with Gasteiger partial charge in [-0.15, -0.1) is 0 Å². The fourth-order valence-corrected chi connectivity index (χ4v) is 2.99. The molecule has 0 radical (unpaired) electrons. The molecule has 0 spiro atoms. The third-order valence-electron chi connectivity index (χ3n) is 4.68. The summed E-state index contributed by atoms with van der Waals surface area (Å²) in [5, 5.41) is 10.6. The minimum absolute atomic E-state index is 0.191. The Morgan fingerprint density at radius 3 is 1.97 bits per heavy atom. The molecule has 0 aliphatic heterocycles. The van der Waals surface area contributed by atoms with Crippen LogP contribution in [-0.4, -0.2) is 23.7 Å². The van der Waals surface area contributed by atoms with Crippen molar-refractivity contribution in [2.24, 2.45) is 5.73 Å². The van der Waals surface area contributed by atoms with Gasteiger partial charge in [0.2, 0.25) is 0 Å². The lowest BCUT2D eigenvalue weighted by molar-refractivity contribution is -0.147. The maximum absolute atomic E-state index is 11.9. The van der Waals surface area contributed by atoms with Crippen molar-refractivity contribution in [2.75, 3.05) is 6.61 Å². The van der Waals surface area contributed by atoms with E-state index in [9.17, 15) is 9.90 Å². The van der Waals surface area contributed by atoms with Gasteiger partial charge >= 0.3 is 5.97 Å². The molecule has 0 saturated heterocycles. The number of carbonyl (C=O) groups is 1. The molecular formula is C25H27NO5. The second-order valence-corrected chi connectivity index (χ2v) is 6.98. The van der Waals surface area contributed by atoms with E-state index in [1.165, 1.54) is 0 Å². The van der Waals surface area contributed by atoms with Crippen LogP contribution in [0.15, 0.2) is 78.9 Å². The normalized spacial score (nSPS) is 12.6. The van der Waals surface area contributed by atoms with Crippen LogP contribution in [0.3, 0.4) is 0 Å². The van der Waals surface area contributed by atoms with Crippen molar-refractivity contribution in [2.45, 2.75) is 32.3 Å². The second-order valence-electron chi connectivity index (χ2n) is 6.98. The second kappa shape index (κ2) is 11.2. The Bertz CT molecular complexity index is 962. The highest BCUT2D eigenvalue weighted by Crippen LogP contribution is 2.33. The van der Waals surface area contributed by atoms with Gasteiger partial charge in [0.15, 0.2) is 11.5 Å². The lowest BCUT2D eigenvalue weighted by Gasteiger charge is -2.20. The van der Waals surface area contributed by atoms with Crippen LogP contribution in [0, 0.1) is 0 Å². The fraction of sp³-hybridized carbons (Fsp3) is 0.240. The van der Waals surface area contributed by atoms with E-state index in [-0.39, 0.29) is 6.61 Å². The highest BCUT2D eigenvalue weighted by Gasteiger charge is 2.26. The molecule has 6 heteroatoms. The van der Waals surface area contributed by atoms with Crippen LogP contribution in [0.1, 0.15) is 29.7 Å². The number of hydrogen-bond donors (Lipinski definition) is 2. The zero-order chi connectivity index (χ0) is 22.1. The molecule has 0 unspecified atom stereocenters. The molecule has 2 atom stereocenters. The summed E-state index contributed by atoms with van der Waals surface area (Å²) in [5.41, 5.74) is 8.32. The number of hydrogen-bond acceptors (Lipinski definition) is 6. The highest BCUT2D eigenvalue weighted by molar-refractivity contribution is 5.76. The first-order valence-corrected chi connectivity index (χ1v) is 10.2. The first-order chi connectivity index (χ1) is 15.1. The van der Waals surface area contributed by atoms with Crippen LogP contribution in [0.25, 0.3) is 0 Å². The smallest absolute Gasteiger partial charge is 0.325 e. The average Bonchev–Trinajstić information content (AvgIpc) is 2.82. The van der Waals surface area contributed by atoms with Crippen LogP contribution in [-0.2, 0) is 22.7 Å². The quantitative estimate of drug-likeness (QED) is 0.484. The van der Waals surface area contributed by atoms with Crippen molar-refractivity contribution in [1.29, 1.82) is 0 Å². The number of benzene rings is 3. The Kier molecular flexibility index (Phi) is 8.04. The third-order valence-corrected chi connectivity index (χ3v) is 4.68. The Morgan fingerprint density at radius 1 is 0.871 bits per heavy atom. The van der Waals surface area contributed by atoms with Gasteiger partial charge in [0.25, 0.3) is 0 Å². The molecule has 0 aromatic heterocycles. The van der Waals surface area contributed by atoms with Crippen LogP contribution >= 0.6 is 0 Å². The number of carbonyl (C=O) groups excluding carboxylic acids is 1. The molecule has 3 rings (SSSR count). The first-order valence-electron chi connectivity index (χ1n) is 10.2. The van der Waals surface area contributed by atoms with E-state index in [2.05, 4.69) is 0 Å². The van der Waals surface area contributed by atoms with E-state index in [1.54, 1.807) is 25.1 Å². The molecule has 0 bridgehead atoms. The van der Waals surface area contributed by atoms with Crippen molar-refractivity contribution in [3.05, 3.63) is 95.6 Å². The molecule has 0 amide bonds. The predicted molar refractivity (Wildman–Crippen MR) is 118 cm³/mol. The minimum Gasteiger partial charge on any atom is -0.485 e. The van der Waals surface area contributed by atoms with Crippen LogP contribution in [0.5, 0.6) is 11.5 Å². The Hall–Kier alpha value is -3.35. The molecule has 3 aromatic carbocycles. The standard InChI is InChI=1S/C25H27NO5/c1-2-29-25(28)23(26)24(27)20-13-14-21(30-16-18-9-5-3-6-10-18)22(15-20)31-17-19-11-7-4-8-12-19/h3-15,23-24,27H,2,16-17,26H2,1H3/t23-,24+/m0/s1. The van der Waals surface area contributed by atoms with Gasteiger partial charge in [-0.2, -0.15) is 0 Å². The largest absolute Gasteiger partial charge is 0.485 e. The van der Waals surface area contributed by atoms with Gasteiger partial charge < -0.3 is 25.1 Å². The highest BCUT2D eigenvalue weighted by atomic mass is 16.5. The molecule has 3 N–H and O–H groups in total. The Labute approximate surface area is 182 Å². The Morgan fingerprint density at radius 2 is 1.42 bits per heavy atom. The molecule has 0 fully saturated rings. The zero-order valence-corrected chi connectivity index (χ0v) is 17.4. The van der Waals surface area contributed by atoms with Crippen molar-refractivity contribution in [3.8, 4) is 11.5 Å². The van der Waals surface area contributed by atoms with Gasteiger partial charge in [0.1, 0.15) is 25.4 Å². The Balaban J connectivity index is 1.80. The van der Waals surface area contributed by atoms with Crippen molar-refractivity contribution in [3.63, 3.8) is 0 Å². The van der Waals surface area contributed by atoms with E-state index < -0.39 is 18.1 Å². The number of nitrogens with two attached hydrogens (primary N) is 1. The maximum atomic E-state index is 11.9. The summed E-state index contributed by atoms with van der Waals surface area (Å²) in [6.07, 6.45) is -1.23. The SMILES string of the molecule is CCOC(=O)[C@@H](N)[C@H](O)c1ccc(OCc2ccccc2)c(OCc2ccccc2)c1. The van der Waals surface area contributed by atoms with Crippen LogP contribution in [0.4, 0.5) is 0 Å². The monoisotopic (exact) mass is 421 g/mol. The topological polar surface area (TPSA) is 91.0 Å². The van der Waals surface area contributed by atoms with Crippen LogP contribution < -0.4 is 15.2 Å². The van der Waals surface area contributed by atoms with Gasteiger partial charge in [0, 0.05) is 0 Å². The van der Waals surface area contributed by atoms with Gasteiger partial charge in [-0.05, 0) is 35.7 Å². The average molecular weight is 421 g/mol. The van der Waals surface area contributed by atoms with Gasteiger partial charge in [-0.3, -0.25) is 4.79 Å². The van der Waals surface area contributed by atoms with E-state index in [1.807, 2.05) is 60.7 Å². The zero-order valence-electron chi connectivity index (χ0n) is 17.4. The van der Waals surface area contributed by atoms with Crippen molar-refractivity contribution < 1.29 is 24.1 Å². The summed E-state index contributed by atoms with van der Waals surface area (Å²) in [5.74, 6) is 0.319. The molecule has 6 nitrogen and oxygen atoms in total. The summed E-state index contributed by atoms with van der Waals surface area (Å²) in [7, 11) is 0. The van der Waals surface area contributed by atoms with Crippen LogP contribution in [0.2, 0.25) is 0 Å². The predicted octanol–water partition coefficient (Wildman–Crippen LogP) is 3.77. The summed E-state index contributed by atoms with van der Waals surface area (Å²) in [6, 6.07) is 23.3. The summed E-state index contributed by atoms with van der Waals surface area (Å²) >= 11 is 0. The molecule has 31 heavy (non-hydrogen) atoms. The summed E-state index contributed by atoms with van der Waals surface area (Å²) in [4.78, 5) is 11.9. The molecule has 0 aliphatic carbocycles. The minimum atomic E-state index is -1.23. The molecule has 0 heterocycles. The summed E-state index contributed by atoms with van der Waals surface area (Å²) < 4.78 is 16.9. The fourth-order valence-electron chi connectivity index (χ4n) is 2.99. The van der Waals surface area contributed by atoms with Crippen molar-refractivity contribution >= 4 is 5.97 Å². The van der Waals surface area contributed by atoms with Gasteiger partial charge in [0.05, 0.1) is 6.61 Å². The number of ether oxygens (including phenoxy) is 3. The third kappa shape index (κ3) is 6.31. The number of aliphatic hydroxyl groups excluding tert-OH is 1. The van der Waals surface area contributed by atoms with Gasteiger partial charge in [-0.1, -0.05) is 66.7 Å². The molecule has 162 valence electrons. The lowest BCUT2D eigenvalue weighted by Crippen LogP contribution is -2.38. The van der Waals surface area contributed by atoms with Gasteiger partial charge in [-0.25, -0.2) is 0 Å².